The molecular formula is C11H17N3O. The van der Waals surface area contributed by atoms with Crippen molar-refractivity contribution in [3.05, 3.63) is 30.1 Å². The molecule has 0 saturated carbocycles. The Kier molecular flexibility index (Phi) is 3.42. The molecule has 0 aliphatic carbocycles. The fourth-order valence-electron chi connectivity index (χ4n) is 1.42. The van der Waals surface area contributed by atoms with Gasteiger partial charge in [0, 0.05) is 18.8 Å². The largest absolute Gasteiger partial charge is 0.368 e. The van der Waals surface area contributed by atoms with E-state index in [2.05, 4.69) is 4.98 Å². The Morgan fingerprint density at radius 3 is 2.67 bits per heavy atom. The van der Waals surface area contributed by atoms with E-state index >= 15 is 0 Å². The Morgan fingerprint density at radius 2 is 2.27 bits per heavy atom. The van der Waals surface area contributed by atoms with Crippen molar-refractivity contribution >= 4 is 5.91 Å². The van der Waals surface area contributed by atoms with Crippen molar-refractivity contribution in [1.82, 2.24) is 4.98 Å². The van der Waals surface area contributed by atoms with Crippen LogP contribution in [-0.2, 0) is 11.2 Å². The van der Waals surface area contributed by atoms with Gasteiger partial charge in [0.1, 0.15) is 5.54 Å². The van der Waals surface area contributed by atoms with Gasteiger partial charge in [0.2, 0.25) is 5.91 Å². The predicted molar refractivity (Wildman–Crippen MR) is 58.9 cm³/mol. The number of pyridine rings is 1. The predicted octanol–water partition coefficient (Wildman–Crippen LogP) is 0.463. The second-order valence-corrected chi connectivity index (χ2v) is 4.10. The fraction of sp³-hybridized carbons (Fsp3) is 0.455. The number of carbonyl (C=O) groups is 1. The summed E-state index contributed by atoms with van der Waals surface area (Å²) < 4.78 is 0. The Bertz CT molecular complexity index is 337. The molecule has 1 rings (SSSR count). The van der Waals surface area contributed by atoms with Crippen molar-refractivity contribution < 1.29 is 4.79 Å². The molecule has 1 unspecified atom stereocenters. The maximum Gasteiger partial charge on any atom is 0.238 e. The van der Waals surface area contributed by atoms with Gasteiger partial charge >= 0.3 is 0 Å². The molecule has 1 heterocycles. The van der Waals surface area contributed by atoms with E-state index in [0.29, 0.717) is 6.42 Å². The molecule has 0 bridgehead atoms. The molecule has 0 radical (unpaired) electrons. The lowest BCUT2D eigenvalue weighted by Crippen LogP contribution is -2.57. The van der Waals surface area contributed by atoms with Crippen molar-refractivity contribution in [3.63, 3.8) is 0 Å². The Balaban J connectivity index is 2.90. The molecule has 0 aliphatic heterocycles. The molecule has 0 saturated heterocycles. The lowest BCUT2D eigenvalue weighted by molar-refractivity contribution is -0.124. The molecule has 4 nitrogen and oxygen atoms in total. The minimum atomic E-state index is -0.997. The number of carbonyl (C=O) groups excluding carboxylic acids is 1. The lowest BCUT2D eigenvalue weighted by Gasteiger charge is -2.30. The lowest BCUT2D eigenvalue weighted by atomic mass is 9.81. The number of aromatic nitrogens is 1. The molecule has 4 N–H and O–H groups in total. The highest BCUT2D eigenvalue weighted by atomic mass is 16.1. The fourth-order valence-corrected chi connectivity index (χ4v) is 1.42. The first-order chi connectivity index (χ1) is 6.97. The Labute approximate surface area is 89.7 Å². The molecule has 15 heavy (non-hydrogen) atoms. The molecule has 1 atom stereocenters. The van der Waals surface area contributed by atoms with Gasteiger partial charge in [-0.3, -0.25) is 9.78 Å². The van der Waals surface area contributed by atoms with Gasteiger partial charge in [0.05, 0.1) is 0 Å². The van der Waals surface area contributed by atoms with Crippen LogP contribution in [-0.4, -0.2) is 16.4 Å². The Hall–Kier alpha value is -1.42. The summed E-state index contributed by atoms with van der Waals surface area (Å²) in [7, 11) is 0. The molecule has 1 aromatic heterocycles. The van der Waals surface area contributed by atoms with E-state index in [-0.39, 0.29) is 5.92 Å². The number of rotatable bonds is 4. The number of primary amides is 1. The van der Waals surface area contributed by atoms with Crippen LogP contribution < -0.4 is 11.5 Å². The van der Waals surface area contributed by atoms with Crippen LogP contribution in [0.15, 0.2) is 24.5 Å². The first-order valence-electron chi connectivity index (χ1n) is 4.94. The van der Waals surface area contributed by atoms with Crippen LogP contribution in [0.2, 0.25) is 0 Å². The summed E-state index contributed by atoms with van der Waals surface area (Å²) >= 11 is 0. The molecule has 0 aliphatic rings. The summed E-state index contributed by atoms with van der Waals surface area (Å²) in [6.45, 7) is 3.78. The summed E-state index contributed by atoms with van der Waals surface area (Å²) in [6, 6.07) is 3.71. The Morgan fingerprint density at radius 1 is 1.60 bits per heavy atom. The maximum atomic E-state index is 11.3. The summed E-state index contributed by atoms with van der Waals surface area (Å²) in [6.07, 6.45) is 3.81. The molecule has 0 aromatic carbocycles. The van der Waals surface area contributed by atoms with Gasteiger partial charge in [-0.1, -0.05) is 19.9 Å². The standard InChI is InChI=1S/C11H17N3O/c1-8(2)11(13,10(12)15)6-9-4-3-5-14-7-9/h3-5,7-8H,6,13H2,1-2H3,(H2,12,15). The van der Waals surface area contributed by atoms with Gasteiger partial charge in [0.25, 0.3) is 0 Å². The number of hydrogen-bond acceptors (Lipinski definition) is 3. The SMILES string of the molecule is CC(C)C(N)(Cc1cccnc1)C(N)=O. The van der Waals surface area contributed by atoms with E-state index in [4.69, 9.17) is 11.5 Å². The van der Waals surface area contributed by atoms with Gasteiger partial charge in [-0.25, -0.2) is 0 Å². The van der Waals surface area contributed by atoms with E-state index in [1.54, 1.807) is 12.4 Å². The first kappa shape index (κ1) is 11.7. The van der Waals surface area contributed by atoms with Crippen molar-refractivity contribution in [2.24, 2.45) is 17.4 Å². The summed E-state index contributed by atoms with van der Waals surface area (Å²) in [5.41, 5.74) is 11.3. The molecule has 1 aromatic rings. The summed E-state index contributed by atoms with van der Waals surface area (Å²) in [5, 5.41) is 0. The van der Waals surface area contributed by atoms with Crippen LogP contribution in [0.1, 0.15) is 19.4 Å². The van der Waals surface area contributed by atoms with E-state index in [9.17, 15) is 4.79 Å². The molecule has 0 spiro atoms. The van der Waals surface area contributed by atoms with E-state index in [0.717, 1.165) is 5.56 Å². The van der Waals surface area contributed by atoms with Crippen LogP contribution in [0.3, 0.4) is 0 Å². The summed E-state index contributed by atoms with van der Waals surface area (Å²) in [5.74, 6) is -0.475. The van der Waals surface area contributed by atoms with Gasteiger partial charge in [-0.05, 0) is 17.5 Å². The van der Waals surface area contributed by atoms with Crippen molar-refractivity contribution in [2.45, 2.75) is 25.8 Å². The third-order valence-electron chi connectivity index (χ3n) is 2.71. The van der Waals surface area contributed by atoms with Crippen LogP contribution >= 0.6 is 0 Å². The normalized spacial score (nSPS) is 14.9. The van der Waals surface area contributed by atoms with Crippen molar-refractivity contribution in [3.8, 4) is 0 Å². The highest BCUT2D eigenvalue weighted by molar-refractivity contribution is 5.85. The van der Waals surface area contributed by atoms with Crippen molar-refractivity contribution in [1.29, 1.82) is 0 Å². The zero-order chi connectivity index (χ0) is 11.5. The zero-order valence-corrected chi connectivity index (χ0v) is 9.10. The van der Waals surface area contributed by atoms with E-state index < -0.39 is 11.4 Å². The van der Waals surface area contributed by atoms with Crippen molar-refractivity contribution in [2.75, 3.05) is 0 Å². The van der Waals surface area contributed by atoms with Crippen LogP contribution in [0.5, 0.6) is 0 Å². The van der Waals surface area contributed by atoms with E-state index in [1.165, 1.54) is 0 Å². The van der Waals surface area contributed by atoms with E-state index in [1.807, 2.05) is 26.0 Å². The second kappa shape index (κ2) is 4.40. The average molecular weight is 207 g/mol. The molecule has 82 valence electrons. The van der Waals surface area contributed by atoms with Gasteiger partial charge in [-0.15, -0.1) is 0 Å². The highest BCUT2D eigenvalue weighted by Gasteiger charge is 2.35. The quantitative estimate of drug-likeness (QED) is 0.752. The number of hydrogen-bond donors (Lipinski definition) is 2. The van der Waals surface area contributed by atoms with Gasteiger partial charge < -0.3 is 11.5 Å². The van der Waals surface area contributed by atoms with Crippen LogP contribution in [0.4, 0.5) is 0 Å². The first-order valence-corrected chi connectivity index (χ1v) is 4.94. The highest BCUT2D eigenvalue weighted by Crippen LogP contribution is 2.19. The van der Waals surface area contributed by atoms with Gasteiger partial charge in [-0.2, -0.15) is 0 Å². The average Bonchev–Trinajstić information content (AvgIpc) is 2.18. The van der Waals surface area contributed by atoms with Crippen LogP contribution in [0, 0.1) is 5.92 Å². The smallest absolute Gasteiger partial charge is 0.238 e. The molecular weight excluding hydrogens is 190 g/mol. The molecule has 1 amide bonds. The monoisotopic (exact) mass is 207 g/mol. The number of nitrogens with two attached hydrogens (primary N) is 2. The summed E-state index contributed by atoms with van der Waals surface area (Å²) in [4.78, 5) is 15.3. The minimum absolute atomic E-state index is 0.00444. The number of nitrogens with zero attached hydrogens (tertiary/aromatic N) is 1. The molecule has 4 heteroatoms. The third-order valence-corrected chi connectivity index (χ3v) is 2.71. The molecule has 0 fully saturated rings. The topological polar surface area (TPSA) is 82.0 Å². The number of amides is 1. The minimum Gasteiger partial charge on any atom is -0.368 e. The maximum absolute atomic E-state index is 11.3. The zero-order valence-electron chi connectivity index (χ0n) is 9.10. The van der Waals surface area contributed by atoms with Crippen LogP contribution in [0.25, 0.3) is 0 Å². The second-order valence-electron chi connectivity index (χ2n) is 4.10. The van der Waals surface area contributed by atoms with Gasteiger partial charge in [0.15, 0.2) is 0 Å². The third kappa shape index (κ3) is 2.53.